The van der Waals surface area contributed by atoms with Crippen LogP contribution in [0.25, 0.3) is 0 Å². The van der Waals surface area contributed by atoms with Gasteiger partial charge in [0.25, 0.3) is 0 Å². The van der Waals surface area contributed by atoms with Crippen LogP contribution in [-0.4, -0.2) is 67.9 Å². The Morgan fingerprint density at radius 1 is 0.929 bits per heavy atom. The first kappa shape index (κ1) is 13.7. The minimum Gasteiger partial charge on any atom is -0.394 e. The zero-order valence-electron chi connectivity index (χ0n) is 7.35. The number of nitrogens with two attached hydrogens (primary N) is 1. The molecule has 1 unspecified atom stereocenters. The molecule has 8 heteroatoms. The monoisotopic (exact) mass is 212 g/mol. The van der Waals surface area contributed by atoms with Gasteiger partial charge in [-0.05, 0) is 0 Å². The van der Waals surface area contributed by atoms with Crippen molar-refractivity contribution in [1.29, 1.82) is 0 Å². The fourth-order valence-corrected chi connectivity index (χ4v) is 0.823. The van der Waals surface area contributed by atoms with Crippen molar-refractivity contribution in [3.63, 3.8) is 0 Å². The third-order valence-corrected chi connectivity index (χ3v) is 1.78. The minimum absolute atomic E-state index is 0.781. The lowest BCUT2D eigenvalue weighted by Crippen LogP contribution is -2.55. The predicted molar refractivity (Wildman–Crippen MR) is 44.4 cm³/mol. The second-order valence-electron chi connectivity index (χ2n) is 2.83. The van der Waals surface area contributed by atoms with Crippen LogP contribution in [0.1, 0.15) is 0 Å². The van der Waals surface area contributed by atoms with Gasteiger partial charge in [-0.3, -0.25) is 5.84 Å². The Hall–Kier alpha value is -0.320. The summed E-state index contributed by atoms with van der Waals surface area (Å²) < 4.78 is 0. The zero-order chi connectivity index (χ0) is 11.3. The molecular formula is C6H16N2O6. The highest BCUT2D eigenvalue weighted by Crippen LogP contribution is 2.06. The van der Waals surface area contributed by atoms with Gasteiger partial charge in [0, 0.05) is 0 Å². The summed E-state index contributed by atoms with van der Waals surface area (Å²) in [5.74, 6) is 4.75. The average Bonchev–Trinajstić information content (AvgIpc) is 2.23. The zero-order valence-corrected chi connectivity index (χ0v) is 7.35. The first-order valence-corrected chi connectivity index (χ1v) is 3.93. The highest BCUT2D eigenvalue weighted by Gasteiger charge is 2.33. The molecule has 0 aliphatic carbocycles. The number of hydrogen-bond acceptors (Lipinski definition) is 8. The molecule has 0 radical (unpaired) electrons. The van der Waals surface area contributed by atoms with E-state index >= 15 is 0 Å². The molecule has 0 aromatic rings. The maximum Gasteiger partial charge on any atom is 0.145 e. The van der Waals surface area contributed by atoms with Gasteiger partial charge in [0.05, 0.1) is 6.61 Å². The van der Waals surface area contributed by atoms with Crippen LogP contribution in [-0.2, 0) is 0 Å². The standard InChI is InChI=1S/C6H16N2O6/c7-8-6(14)5(13)4(12)3(11)2(10)1-9/h2-6,8-14H,1,7H2/t2-,3+,4-,5-,6?/m1/s1. The molecule has 0 spiro atoms. The fourth-order valence-electron chi connectivity index (χ4n) is 0.823. The molecular weight excluding hydrogens is 196 g/mol. The summed E-state index contributed by atoms with van der Waals surface area (Å²) in [6.45, 7) is -0.781. The SMILES string of the molecule is NNC(O)[C@H](O)[C@H](O)[C@@H](O)[C@H](O)CO. The van der Waals surface area contributed by atoms with Gasteiger partial charge >= 0.3 is 0 Å². The van der Waals surface area contributed by atoms with E-state index in [9.17, 15) is 0 Å². The molecule has 0 aliphatic rings. The van der Waals surface area contributed by atoms with Gasteiger partial charge in [-0.1, -0.05) is 0 Å². The van der Waals surface area contributed by atoms with Crippen molar-refractivity contribution in [3.8, 4) is 0 Å². The molecule has 14 heavy (non-hydrogen) atoms. The van der Waals surface area contributed by atoms with Gasteiger partial charge in [0.2, 0.25) is 0 Å². The summed E-state index contributed by atoms with van der Waals surface area (Å²) in [4.78, 5) is 0. The van der Waals surface area contributed by atoms with E-state index in [-0.39, 0.29) is 0 Å². The van der Waals surface area contributed by atoms with Crippen molar-refractivity contribution in [2.45, 2.75) is 30.6 Å². The molecule has 0 saturated heterocycles. The van der Waals surface area contributed by atoms with Crippen LogP contribution in [0.15, 0.2) is 0 Å². The lowest BCUT2D eigenvalue weighted by atomic mass is 10.0. The molecule has 0 heterocycles. The minimum atomic E-state index is -1.83. The molecule has 0 fully saturated rings. The van der Waals surface area contributed by atoms with E-state index < -0.39 is 37.3 Å². The molecule has 0 aliphatic heterocycles. The van der Waals surface area contributed by atoms with Crippen LogP contribution < -0.4 is 11.3 Å². The molecule has 9 N–H and O–H groups in total. The maximum absolute atomic E-state index is 9.16. The average molecular weight is 212 g/mol. The second-order valence-corrected chi connectivity index (χ2v) is 2.83. The summed E-state index contributed by atoms with van der Waals surface area (Å²) in [5.41, 5.74) is 1.75. The van der Waals surface area contributed by atoms with Crippen LogP contribution in [0, 0.1) is 0 Å². The van der Waals surface area contributed by atoms with Crippen LogP contribution in [0.5, 0.6) is 0 Å². The molecule has 0 bridgehead atoms. The Kier molecular flexibility index (Phi) is 6.08. The van der Waals surface area contributed by atoms with Crippen molar-refractivity contribution in [2.75, 3.05) is 6.61 Å². The lowest BCUT2D eigenvalue weighted by Gasteiger charge is -2.27. The summed E-state index contributed by atoms with van der Waals surface area (Å²) in [6.07, 6.45) is -8.65. The van der Waals surface area contributed by atoms with Crippen LogP contribution in [0.3, 0.4) is 0 Å². The van der Waals surface area contributed by atoms with E-state index in [1.54, 1.807) is 5.43 Å². The molecule has 5 atom stereocenters. The van der Waals surface area contributed by atoms with Crippen LogP contribution in [0.2, 0.25) is 0 Å². The number of aliphatic hydroxyl groups excluding tert-OH is 6. The Bertz CT molecular complexity index is 143. The number of hydrazine groups is 1. The van der Waals surface area contributed by atoms with Crippen molar-refractivity contribution < 1.29 is 30.6 Å². The van der Waals surface area contributed by atoms with Gasteiger partial charge in [-0.15, -0.1) is 0 Å². The number of rotatable bonds is 6. The maximum atomic E-state index is 9.16. The predicted octanol–water partition coefficient (Wildman–Crippen LogP) is -4.80. The molecule has 86 valence electrons. The highest BCUT2D eigenvalue weighted by molar-refractivity contribution is 4.82. The normalized spacial score (nSPS) is 22.5. The van der Waals surface area contributed by atoms with Crippen LogP contribution >= 0.6 is 0 Å². The van der Waals surface area contributed by atoms with E-state index in [0.717, 1.165) is 0 Å². The first-order chi connectivity index (χ1) is 6.45. The summed E-state index contributed by atoms with van der Waals surface area (Å²) >= 11 is 0. The van der Waals surface area contributed by atoms with Crippen LogP contribution in [0.4, 0.5) is 0 Å². The largest absolute Gasteiger partial charge is 0.394 e. The van der Waals surface area contributed by atoms with E-state index in [0.29, 0.717) is 0 Å². The fraction of sp³-hybridized carbons (Fsp3) is 1.00. The molecule has 0 rings (SSSR count). The summed E-state index contributed by atoms with van der Waals surface area (Å²) in [5, 5.41) is 53.6. The quantitative estimate of drug-likeness (QED) is 0.124. The Labute approximate surface area is 80.2 Å². The van der Waals surface area contributed by atoms with Crippen molar-refractivity contribution in [3.05, 3.63) is 0 Å². The number of aliphatic hydroxyl groups is 6. The Balaban J connectivity index is 4.22. The summed E-state index contributed by atoms with van der Waals surface area (Å²) in [7, 11) is 0. The molecule has 0 amide bonds. The molecule has 0 aromatic heterocycles. The third kappa shape index (κ3) is 3.44. The van der Waals surface area contributed by atoms with Gasteiger partial charge < -0.3 is 30.6 Å². The van der Waals surface area contributed by atoms with Gasteiger partial charge in [-0.25, -0.2) is 5.43 Å². The smallest absolute Gasteiger partial charge is 0.145 e. The van der Waals surface area contributed by atoms with Gasteiger partial charge in [-0.2, -0.15) is 0 Å². The number of hydrogen-bond donors (Lipinski definition) is 8. The first-order valence-electron chi connectivity index (χ1n) is 3.93. The van der Waals surface area contributed by atoms with E-state index in [2.05, 4.69) is 0 Å². The molecule has 0 aromatic carbocycles. The highest BCUT2D eigenvalue weighted by atomic mass is 16.4. The third-order valence-electron chi connectivity index (χ3n) is 1.78. The Morgan fingerprint density at radius 3 is 1.79 bits per heavy atom. The van der Waals surface area contributed by atoms with Crippen molar-refractivity contribution in [2.24, 2.45) is 5.84 Å². The summed E-state index contributed by atoms with van der Waals surface area (Å²) in [6, 6.07) is 0. The molecule has 8 nitrogen and oxygen atoms in total. The number of nitrogens with one attached hydrogen (secondary N) is 1. The Morgan fingerprint density at radius 2 is 1.43 bits per heavy atom. The topological polar surface area (TPSA) is 159 Å². The van der Waals surface area contributed by atoms with E-state index in [4.69, 9.17) is 36.5 Å². The molecule has 0 saturated carbocycles. The van der Waals surface area contributed by atoms with E-state index in [1.807, 2.05) is 0 Å². The van der Waals surface area contributed by atoms with Crippen molar-refractivity contribution in [1.82, 2.24) is 5.43 Å². The van der Waals surface area contributed by atoms with Crippen molar-refractivity contribution >= 4 is 0 Å². The van der Waals surface area contributed by atoms with E-state index in [1.165, 1.54) is 0 Å². The van der Waals surface area contributed by atoms with Gasteiger partial charge in [0.15, 0.2) is 0 Å². The van der Waals surface area contributed by atoms with Gasteiger partial charge in [0.1, 0.15) is 30.6 Å². The lowest BCUT2D eigenvalue weighted by molar-refractivity contribution is -0.145. The second kappa shape index (κ2) is 6.22.